The molecule has 4 saturated carbocycles. The van der Waals surface area contributed by atoms with E-state index in [-0.39, 0.29) is 83.0 Å². The Labute approximate surface area is 763 Å². The van der Waals surface area contributed by atoms with E-state index in [4.69, 9.17) is 68.7 Å². The van der Waals surface area contributed by atoms with Gasteiger partial charge in [-0.15, -0.1) is 0 Å². The average Bonchev–Trinajstić information content (AvgIpc) is 1.60. The number of amides is 6. The Morgan fingerprint density at radius 1 is 0.414 bits per heavy atom. The second kappa shape index (κ2) is 36.4. The van der Waals surface area contributed by atoms with Crippen LogP contribution in [0.4, 0.5) is 19.2 Å². The number of aryl methyl sites for hydroxylation is 3. The van der Waals surface area contributed by atoms with Crippen LogP contribution in [-0.4, -0.2) is 156 Å². The number of imidazole rings is 3. The number of likely N-dealkylation sites (tertiary alicyclic amines) is 3. The predicted molar refractivity (Wildman–Crippen MR) is 493 cm³/mol. The number of nitrogens with zero attached hydrogens (tertiary/aromatic N) is 12. The van der Waals surface area contributed by atoms with E-state index < -0.39 is 41.0 Å². The summed E-state index contributed by atoms with van der Waals surface area (Å²) in [5.74, 6) is 0.937. The van der Waals surface area contributed by atoms with Crippen LogP contribution < -0.4 is 16.0 Å². The van der Waals surface area contributed by atoms with Crippen molar-refractivity contribution in [2.24, 2.45) is 50.7 Å². The number of carbonyl (C=O) groups excluding carboxylic acids is 6. The number of rotatable bonds is 16. The van der Waals surface area contributed by atoms with E-state index in [0.29, 0.717) is 54.3 Å². The van der Waals surface area contributed by atoms with Gasteiger partial charge >= 0.3 is 24.4 Å². The summed E-state index contributed by atoms with van der Waals surface area (Å²) in [7, 11) is 5.82. The Kier molecular flexibility index (Phi) is 25.3. The van der Waals surface area contributed by atoms with Crippen LogP contribution in [0.2, 0.25) is 15.1 Å². The molecule has 28 heteroatoms. The second-order valence-electron chi connectivity index (χ2n) is 38.7. The summed E-state index contributed by atoms with van der Waals surface area (Å²) in [6, 6.07) is 28.9. The summed E-state index contributed by atoms with van der Waals surface area (Å²) in [6.07, 6.45) is 33.6. The molecule has 7 fully saturated rings. The zero-order valence-electron chi connectivity index (χ0n) is 74.7. The SMILES string of the molecule is Cn1cncc1C(NC(=O)C1CC1)C1=Cc2cccnc2C(C2CCN(C(=O)OC(C)(C)C)CC2)c2ccc(Cl)cc21.Cn1cncc1C(NC(=O)C1CC1)C1=Cc2cccnc2C(C2CCN(C(=O)OC(C)(C)C)CC2)c2ccc(Cl)cc21.Cn1cncc1[C@H](NC(=O)OC1(C)CC1)C1=Cc2cccnc2[C@@H](C2CCN(C(=O)OC3(C)CC3)CC2)c2ccc(Cl)cc21. The number of pyridine rings is 3. The molecule has 0 radical (unpaired) electrons. The predicted octanol–water partition coefficient (Wildman–Crippen LogP) is 19.6. The van der Waals surface area contributed by atoms with Gasteiger partial charge in [-0.3, -0.25) is 24.5 Å². The van der Waals surface area contributed by atoms with Crippen molar-refractivity contribution in [2.45, 2.75) is 204 Å². The van der Waals surface area contributed by atoms with Gasteiger partial charge in [0, 0.05) is 124 Å². The van der Waals surface area contributed by atoms with Crippen LogP contribution in [0.1, 0.15) is 265 Å². The number of fused-ring (bicyclic) bond motifs is 6. The summed E-state index contributed by atoms with van der Waals surface area (Å²) in [4.78, 5) is 112. The fourth-order valence-electron chi connectivity index (χ4n) is 19.1. The van der Waals surface area contributed by atoms with Crippen molar-refractivity contribution in [1.29, 1.82) is 0 Å². The Hall–Kier alpha value is -11.2. The molecule has 670 valence electrons. The van der Waals surface area contributed by atoms with Crippen molar-refractivity contribution in [3.8, 4) is 0 Å². The maximum atomic E-state index is 13.3. The van der Waals surface area contributed by atoms with Crippen LogP contribution >= 0.6 is 34.8 Å². The van der Waals surface area contributed by atoms with Crippen molar-refractivity contribution < 1.29 is 47.7 Å². The number of piperidine rings is 3. The molecule has 19 rings (SSSR count). The molecule has 6 atom stereocenters. The summed E-state index contributed by atoms with van der Waals surface area (Å²) in [6.45, 7) is 19.1. The van der Waals surface area contributed by atoms with Gasteiger partial charge in [0.15, 0.2) is 0 Å². The molecule has 3 aromatic carbocycles. The molecule has 128 heavy (non-hydrogen) atoms. The van der Waals surface area contributed by atoms with Gasteiger partial charge in [-0.1, -0.05) is 71.2 Å². The number of nitrogens with one attached hydrogen (secondary N) is 3. The molecule has 0 bridgehead atoms. The molecule has 25 nitrogen and oxygen atoms in total. The van der Waals surface area contributed by atoms with E-state index in [2.05, 4.69) is 85.5 Å². The van der Waals surface area contributed by atoms with E-state index in [1.165, 1.54) is 0 Å². The van der Waals surface area contributed by atoms with Gasteiger partial charge in [0.25, 0.3) is 0 Å². The molecule has 7 aliphatic carbocycles. The first-order valence-electron chi connectivity index (χ1n) is 45.1. The minimum atomic E-state index is -0.554. The van der Waals surface area contributed by atoms with Crippen LogP contribution in [0.3, 0.4) is 0 Å². The van der Waals surface area contributed by atoms with Crippen LogP contribution in [0.15, 0.2) is 147 Å². The third kappa shape index (κ3) is 20.0. The van der Waals surface area contributed by atoms with Crippen molar-refractivity contribution >= 4 is 106 Å². The average molecular weight is 1790 g/mol. The van der Waals surface area contributed by atoms with E-state index in [0.717, 1.165) is 191 Å². The van der Waals surface area contributed by atoms with Crippen molar-refractivity contribution in [3.05, 3.63) is 246 Å². The maximum absolute atomic E-state index is 13.3. The second-order valence-corrected chi connectivity index (χ2v) is 40.1. The Morgan fingerprint density at radius 3 is 1.01 bits per heavy atom. The highest BCUT2D eigenvalue weighted by Gasteiger charge is 2.48. The van der Waals surface area contributed by atoms with E-state index in [9.17, 15) is 28.8 Å². The number of aromatic nitrogens is 9. The third-order valence-corrected chi connectivity index (χ3v) is 27.4. The van der Waals surface area contributed by atoms with Gasteiger partial charge in [-0.25, -0.2) is 34.1 Å². The summed E-state index contributed by atoms with van der Waals surface area (Å²) >= 11 is 20.0. The first kappa shape index (κ1) is 88.9. The van der Waals surface area contributed by atoms with Crippen LogP contribution in [-0.2, 0) is 49.7 Å². The van der Waals surface area contributed by atoms with Gasteiger partial charge in [0.1, 0.15) is 22.4 Å². The Balaban J connectivity index is 0.000000135. The Morgan fingerprint density at radius 2 is 0.719 bits per heavy atom. The summed E-state index contributed by atoms with van der Waals surface area (Å²) in [5.41, 5.74) is 16.0. The van der Waals surface area contributed by atoms with Gasteiger partial charge in [-0.05, 0) is 303 Å². The lowest BCUT2D eigenvalue weighted by Crippen LogP contribution is -2.42. The highest BCUT2D eigenvalue weighted by atomic mass is 35.5. The standard InChI is InChI=1S/C34H38ClN5O4.2C33H38ClN5O3/c1-33(10-11-33)43-31(41)38-30(27-19-36-20-39(27)3)26-17-22-5-4-14-37-29(22)28(24-7-6-23(35)18-25(24)26)21-8-15-40(16-9-21)32(42)44-34(2)12-13-34;2*1-33(2,3)42-32(41)39-14-11-20(12-15-39)28-24-10-9-23(34)17-25(24)26(16-22-6-5-13-36-29(22)28)30(27-18-35-19-38(27)4)37-31(40)21-7-8-21/h4-7,14,17-21,28,30H,8-13,15-16H2,1-3H3,(H,38,41);2*5-6,9-10,13,16-21,28,30H,7-8,11-12,14-15H2,1-4H3,(H,37,40)/t28-,30+;;/m0../s1. The van der Waals surface area contributed by atoms with Gasteiger partial charge in [-0.2, -0.15) is 0 Å². The molecule has 0 spiro atoms. The smallest absolute Gasteiger partial charge is 0.410 e. The van der Waals surface area contributed by atoms with Crippen LogP contribution in [0, 0.1) is 29.6 Å². The van der Waals surface area contributed by atoms with Gasteiger partial charge in [0.05, 0.1) is 89.9 Å². The molecule has 3 N–H and O–H groups in total. The van der Waals surface area contributed by atoms with Gasteiger partial charge < -0.3 is 63.3 Å². The molecule has 3 aliphatic heterocycles. The fraction of sp³-hybridized carbons (Fsp3) is 0.460. The van der Waals surface area contributed by atoms with E-state index in [1.54, 1.807) is 25.2 Å². The number of hydrogen-bond acceptors (Lipinski definition) is 16. The zero-order chi connectivity index (χ0) is 89.8. The summed E-state index contributed by atoms with van der Waals surface area (Å²) < 4.78 is 28.7. The lowest BCUT2D eigenvalue weighted by atomic mass is 9.75. The minimum Gasteiger partial charge on any atom is -0.444 e. The first-order chi connectivity index (χ1) is 61.3. The minimum absolute atomic E-state index is 0.00526. The van der Waals surface area contributed by atoms with Gasteiger partial charge in [0.2, 0.25) is 11.8 Å². The molecular formula is C100H114Cl3N15O10. The normalized spacial score (nSPS) is 20.5. The maximum Gasteiger partial charge on any atom is 0.410 e. The van der Waals surface area contributed by atoms with Crippen LogP contribution in [0.25, 0.3) is 34.9 Å². The van der Waals surface area contributed by atoms with Crippen molar-refractivity contribution in [2.75, 3.05) is 39.3 Å². The lowest BCUT2D eigenvalue weighted by molar-refractivity contribution is -0.123. The van der Waals surface area contributed by atoms with Crippen LogP contribution in [0.5, 0.6) is 0 Å². The molecule has 9 aromatic rings. The van der Waals surface area contributed by atoms with Crippen molar-refractivity contribution in [3.63, 3.8) is 0 Å². The third-order valence-electron chi connectivity index (χ3n) is 26.7. The highest BCUT2D eigenvalue weighted by Crippen LogP contribution is 2.53. The first-order valence-corrected chi connectivity index (χ1v) is 46.2. The largest absolute Gasteiger partial charge is 0.444 e. The number of hydrogen-bond donors (Lipinski definition) is 3. The summed E-state index contributed by atoms with van der Waals surface area (Å²) in [5, 5.41) is 11.7. The number of carbonyl (C=O) groups is 6. The monoisotopic (exact) mass is 1790 g/mol. The molecule has 6 aromatic heterocycles. The number of alkyl carbamates (subject to hydrolysis) is 1. The van der Waals surface area contributed by atoms with E-state index >= 15 is 0 Å². The topological polar surface area (TPSA) is 277 Å². The fourth-order valence-corrected chi connectivity index (χ4v) is 19.6. The molecule has 3 saturated heterocycles. The number of benzene rings is 3. The molecule has 9 heterocycles. The zero-order valence-corrected chi connectivity index (χ0v) is 76.9. The Bertz CT molecular complexity index is 5570. The number of halogens is 3. The molecule has 4 unspecified atom stereocenters. The van der Waals surface area contributed by atoms with E-state index in [1.807, 2.05) is 191 Å². The molecule has 6 amide bonds. The highest BCUT2D eigenvalue weighted by molar-refractivity contribution is 6.31. The lowest BCUT2D eigenvalue weighted by Gasteiger charge is -2.37. The molecule has 10 aliphatic rings. The quantitative estimate of drug-likeness (QED) is 0.0758. The number of ether oxygens (including phenoxy) is 4. The van der Waals surface area contributed by atoms with Crippen molar-refractivity contribution in [1.82, 2.24) is 74.3 Å². The molecular weight excluding hydrogens is 1680 g/mol.